The lowest BCUT2D eigenvalue weighted by atomic mass is 9.82. The molecule has 3 aromatic heterocycles. The fourth-order valence-corrected chi connectivity index (χ4v) is 12.2. The smallest absolute Gasteiger partial charge is 0.162 e. The van der Waals surface area contributed by atoms with Gasteiger partial charge in [-0.3, -0.25) is 4.57 Å². The number of hydrogen-bond acceptors (Lipinski definition) is 4. The van der Waals surface area contributed by atoms with E-state index in [9.17, 15) is 0 Å². The second-order valence-electron chi connectivity index (χ2n) is 19.5. The Labute approximate surface area is 409 Å². The SMILES string of the molecule is CC1C/C=C(\n2c3ccccc3c3ccccc32)N=C(c2ccc(C3CCc4cc5ccccc5cc4-c4c3ccc3ccccc43)c3oc4ccccc4c23)N=C1c1ccc2c(c1)oc1ccccc12. The molecule has 1 aliphatic heterocycles. The van der Waals surface area contributed by atoms with Gasteiger partial charge in [0, 0.05) is 60.8 Å². The largest absolute Gasteiger partial charge is 0.456 e. The van der Waals surface area contributed by atoms with Crippen LogP contribution in [0.3, 0.4) is 0 Å². The molecule has 5 nitrogen and oxygen atoms in total. The molecular formula is C66H45N3O2. The summed E-state index contributed by atoms with van der Waals surface area (Å²) in [4.78, 5) is 11.5. The minimum Gasteiger partial charge on any atom is -0.456 e. The minimum absolute atomic E-state index is 0.0388. The molecule has 2 atom stereocenters. The van der Waals surface area contributed by atoms with Gasteiger partial charge in [0.1, 0.15) is 28.2 Å². The molecule has 336 valence electrons. The van der Waals surface area contributed by atoms with Crippen LogP contribution in [0.2, 0.25) is 0 Å². The maximum atomic E-state index is 7.20. The van der Waals surface area contributed by atoms with Crippen LogP contribution in [0.15, 0.2) is 225 Å². The number of aliphatic imine (C=N–C) groups is 2. The quantitative estimate of drug-likeness (QED) is 0.177. The highest BCUT2D eigenvalue weighted by Crippen LogP contribution is 2.49. The summed E-state index contributed by atoms with van der Waals surface area (Å²) in [5.41, 5.74) is 15.1. The number of aryl methyl sites for hydroxylation is 1. The maximum Gasteiger partial charge on any atom is 0.162 e. The van der Waals surface area contributed by atoms with Crippen molar-refractivity contribution in [3.8, 4) is 11.1 Å². The van der Waals surface area contributed by atoms with Crippen LogP contribution in [0.1, 0.15) is 53.5 Å². The van der Waals surface area contributed by atoms with E-state index in [-0.39, 0.29) is 11.8 Å². The zero-order valence-corrected chi connectivity index (χ0v) is 39.1. The molecule has 0 saturated heterocycles. The van der Waals surface area contributed by atoms with Gasteiger partial charge >= 0.3 is 0 Å². The van der Waals surface area contributed by atoms with Gasteiger partial charge in [0.25, 0.3) is 0 Å². The first-order valence-corrected chi connectivity index (χ1v) is 24.9. The fraction of sp³-hybridized carbons (Fsp3) is 0.0909. The number of benzene rings is 10. The van der Waals surface area contributed by atoms with Crippen molar-refractivity contribution in [3.05, 3.63) is 234 Å². The predicted molar refractivity (Wildman–Crippen MR) is 295 cm³/mol. The molecule has 2 aliphatic rings. The van der Waals surface area contributed by atoms with Crippen LogP contribution in [-0.2, 0) is 6.42 Å². The third kappa shape index (κ3) is 6.19. The Morgan fingerprint density at radius 1 is 0.493 bits per heavy atom. The van der Waals surface area contributed by atoms with Gasteiger partial charge in [0.05, 0.1) is 16.7 Å². The lowest BCUT2D eigenvalue weighted by Gasteiger charge is -2.22. The van der Waals surface area contributed by atoms with E-state index in [0.717, 1.165) is 96.8 Å². The topological polar surface area (TPSA) is 55.9 Å². The van der Waals surface area contributed by atoms with Gasteiger partial charge in [-0.1, -0.05) is 159 Å². The fourth-order valence-electron chi connectivity index (χ4n) is 12.2. The molecule has 15 rings (SSSR count). The molecule has 13 aromatic rings. The van der Waals surface area contributed by atoms with E-state index in [4.69, 9.17) is 18.8 Å². The summed E-state index contributed by atoms with van der Waals surface area (Å²) in [6.45, 7) is 2.28. The molecule has 0 amide bonds. The molecule has 10 aromatic carbocycles. The van der Waals surface area contributed by atoms with Crippen LogP contribution in [0.4, 0.5) is 0 Å². The van der Waals surface area contributed by atoms with E-state index in [0.29, 0.717) is 5.84 Å². The summed E-state index contributed by atoms with van der Waals surface area (Å²) >= 11 is 0. The van der Waals surface area contributed by atoms with Crippen molar-refractivity contribution in [3.63, 3.8) is 0 Å². The van der Waals surface area contributed by atoms with Gasteiger partial charge in [-0.05, 0) is 118 Å². The normalized spacial score (nSPS) is 17.1. The number of aromatic nitrogens is 1. The summed E-state index contributed by atoms with van der Waals surface area (Å²) in [6, 6.07) is 72.4. The van der Waals surface area contributed by atoms with E-state index in [1.165, 1.54) is 60.1 Å². The number of amidine groups is 1. The third-order valence-corrected chi connectivity index (χ3v) is 15.5. The van der Waals surface area contributed by atoms with Gasteiger partial charge in [0.2, 0.25) is 0 Å². The van der Waals surface area contributed by atoms with Crippen molar-refractivity contribution in [2.75, 3.05) is 0 Å². The zero-order valence-electron chi connectivity index (χ0n) is 39.1. The van der Waals surface area contributed by atoms with E-state index in [1.54, 1.807) is 0 Å². The summed E-state index contributed by atoms with van der Waals surface area (Å²) in [5, 5.41) is 11.7. The highest BCUT2D eigenvalue weighted by Gasteiger charge is 2.31. The molecule has 5 heteroatoms. The Balaban J connectivity index is 0.983. The Morgan fingerprint density at radius 2 is 1.13 bits per heavy atom. The molecule has 0 bridgehead atoms. The molecule has 2 unspecified atom stereocenters. The zero-order chi connectivity index (χ0) is 46.7. The number of para-hydroxylation sites is 4. The standard InChI is InChI=1S/C66H45N3O2/c1-39-26-35-61(69-56-22-10-6-18-47(56)48-19-7-11-23-57(48)69)67-66(68-64(39)44-29-31-50-49-20-8-12-24-58(49)70-60(50)38-44)54-34-33-52(65-63(54)53-21-9-13-25-59(53)71-65)46-30-28-43-36-41-15-2-3-16-42(41)37-55(43)62-45-17-5-4-14-40(45)27-32-51(46)62/h2-25,27,29,31-39,46H,26,28,30H2,1H3/b61-35-,67-66?,68-64?. The van der Waals surface area contributed by atoms with Crippen molar-refractivity contribution in [1.29, 1.82) is 0 Å². The summed E-state index contributed by atoms with van der Waals surface area (Å²) in [6.07, 6.45) is 4.90. The van der Waals surface area contributed by atoms with Crippen molar-refractivity contribution in [2.45, 2.75) is 32.1 Å². The Morgan fingerprint density at radius 3 is 1.92 bits per heavy atom. The first-order chi connectivity index (χ1) is 35.1. The van der Waals surface area contributed by atoms with E-state index in [1.807, 2.05) is 12.1 Å². The summed E-state index contributed by atoms with van der Waals surface area (Å²) in [5.74, 6) is 1.57. The maximum absolute atomic E-state index is 7.20. The monoisotopic (exact) mass is 911 g/mol. The van der Waals surface area contributed by atoms with Gasteiger partial charge < -0.3 is 8.83 Å². The molecule has 0 N–H and O–H groups in total. The number of hydrogen-bond donors (Lipinski definition) is 0. The average molecular weight is 912 g/mol. The molecule has 71 heavy (non-hydrogen) atoms. The molecule has 0 fully saturated rings. The summed E-state index contributed by atoms with van der Waals surface area (Å²) in [7, 11) is 0. The number of fused-ring (bicyclic) bond motifs is 15. The van der Waals surface area contributed by atoms with Crippen LogP contribution in [0.5, 0.6) is 0 Å². The van der Waals surface area contributed by atoms with Crippen molar-refractivity contribution in [2.24, 2.45) is 15.9 Å². The lowest BCUT2D eigenvalue weighted by Crippen LogP contribution is -2.18. The predicted octanol–water partition coefficient (Wildman–Crippen LogP) is 17.4. The molecule has 0 saturated carbocycles. The number of nitrogens with zero attached hydrogens (tertiary/aromatic N) is 3. The number of furan rings is 2. The Kier molecular flexibility index (Phi) is 8.82. The van der Waals surface area contributed by atoms with E-state index in [2.05, 4.69) is 206 Å². The molecule has 0 radical (unpaired) electrons. The number of rotatable bonds is 4. The highest BCUT2D eigenvalue weighted by atomic mass is 16.3. The first-order valence-electron chi connectivity index (χ1n) is 24.9. The summed E-state index contributed by atoms with van der Waals surface area (Å²) < 4.78 is 16.0. The van der Waals surface area contributed by atoms with Crippen LogP contribution in [-0.4, -0.2) is 16.1 Å². The van der Waals surface area contributed by atoms with Crippen LogP contribution in [0.25, 0.3) is 104 Å². The van der Waals surface area contributed by atoms with Gasteiger partial charge in [-0.25, -0.2) is 9.98 Å². The minimum atomic E-state index is 0.0388. The highest BCUT2D eigenvalue weighted by molar-refractivity contribution is 6.24. The van der Waals surface area contributed by atoms with E-state index < -0.39 is 0 Å². The van der Waals surface area contributed by atoms with Crippen LogP contribution >= 0.6 is 0 Å². The van der Waals surface area contributed by atoms with E-state index >= 15 is 0 Å². The molecule has 0 spiro atoms. The molecular weight excluding hydrogens is 867 g/mol. The van der Waals surface area contributed by atoms with Gasteiger partial charge in [-0.2, -0.15) is 0 Å². The van der Waals surface area contributed by atoms with Crippen molar-refractivity contribution < 1.29 is 8.83 Å². The van der Waals surface area contributed by atoms with Crippen molar-refractivity contribution >= 4 is 105 Å². The second kappa shape index (κ2) is 15.6. The van der Waals surface area contributed by atoms with Crippen LogP contribution in [0, 0.1) is 5.92 Å². The van der Waals surface area contributed by atoms with Crippen molar-refractivity contribution in [1.82, 2.24) is 4.57 Å². The second-order valence-corrected chi connectivity index (χ2v) is 19.5. The first kappa shape index (κ1) is 40.1. The Hall–Kier alpha value is -8.80. The Bertz CT molecular complexity index is 4430. The lowest BCUT2D eigenvalue weighted by molar-refractivity contribution is 0.647. The third-order valence-electron chi connectivity index (χ3n) is 15.5. The average Bonchev–Trinajstić information content (AvgIpc) is 4.06. The molecule has 1 aliphatic carbocycles. The van der Waals surface area contributed by atoms with Gasteiger partial charge in [-0.15, -0.1) is 0 Å². The van der Waals surface area contributed by atoms with Crippen LogP contribution < -0.4 is 0 Å². The van der Waals surface area contributed by atoms with Gasteiger partial charge in [0.15, 0.2) is 5.84 Å². The molecule has 4 heterocycles. The number of allylic oxidation sites excluding steroid dienone is 1.